The smallest absolute Gasteiger partial charge is 0.232 e. The second-order valence-electron chi connectivity index (χ2n) is 7.18. The second-order valence-corrected chi connectivity index (χ2v) is 7.18. The Bertz CT molecular complexity index is 540. The molecule has 1 aliphatic heterocycles. The normalized spacial score (nSPS) is 21.2. The van der Waals surface area contributed by atoms with Gasteiger partial charge in [0.2, 0.25) is 5.91 Å². The summed E-state index contributed by atoms with van der Waals surface area (Å²) in [5.41, 5.74) is 8.00. The van der Waals surface area contributed by atoms with Gasteiger partial charge in [0.05, 0.1) is 5.41 Å². The molecule has 1 aliphatic carbocycles. The minimum Gasteiger partial charge on any atom is -0.342 e. The predicted octanol–water partition coefficient (Wildman–Crippen LogP) is 2.92. The Morgan fingerprint density at radius 3 is 2.38 bits per heavy atom. The number of amides is 1. The quantitative estimate of drug-likeness (QED) is 0.928. The van der Waals surface area contributed by atoms with Gasteiger partial charge in [0.1, 0.15) is 0 Å². The molecule has 2 N–H and O–H groups in total. The molecule has 3 nitrogen and oxygen atoms in total. The lowest BCUT2D eigenvalue weighted by Crippen LogP contribution is -2.46. The Morgan fingerprint density at radius 2 is 1.76 bits per heavy atom. The van der Waals surface area contributed by atoms with Crippen LogP contribution in [0.1, 0.15) is 57.1 Å². The first-order valence-electron chi connectivity index (χ1n) is 8.13. The zero-order valence-corrected chi connectivity index (χ0v) is 13.2. The van der Waals surface area contributed by atoms with Gasteiger partial charge in [-0.15, -0.1) is 0 Å². The molecule has 2 aliphatic rings. The Kier molecular flexibility index (Phi) is 3.56. The van der Waals surface area contributed by atoms with E-state index in [1.54, 1.807) is 0 Å². The van der Waals surface area contributed by atoms with Crippen molar-refractivity contribution in [3.8, 4) is 0 Å². The number of benzene rings is 1. The molecule has 3 rings (SSSR count). The fourth-order valence-corrected chi connectivity index (χ4v) is 3.47. The van der Waals surface area contributed by atoms with Crippen molar-refractivity contribution in [1.29, 1.82) is 0 Å². The van der Waals surface area contributed by atoms with Crippen LogP contribution < -0.4 is 5.73 Å². The number of hydrogen-bond donors (Lipinski definition) is 1. The van der Waals surface area contributed by atoms with Crippen LogP contribution in [0.15, 0.2) is 24.3 Å². The van der Waals surface area contributed by atoms with Crippen molar-refractivity contribution in [2.24, 2.45) is 5.73 Å². The highest BCUT2D eigenvalue weighted by Crippen LogP contribution is 2.46. The summed E-state index contributed by atoms with van der Waals surface area (Å²) < 4.78 is 0. The van der Waals surface area contributed by atoms with Crippen molar-refractivity contribution >= 4 is 5.91 Å². The summed E-state index contributed by atoms with van der Waals surface area (Å²) in [6.07, 6.45) is 5.55. The second kappa shape index (κ2) is 5.13. The Morgan fingerprint density at radius 1 is 1.14 bits per heavy atom. The van der Waals surface area contributed by atoms with Crippen LogP contribution in [-0.2, 0) is 15.7 Å². The van der Waals surface area contributed by atoms with Gasteiger partial charge in [-0.2, -0.15) is 0 Å². The summed E-state index contributed by atoms with van der Waals surface area (Å²) >= 11 is 0. The van der Waals surface area contributed by atoms with Gasteiger partial charge in [-0.25, -0.2) is 0 Å². The standard InChI is InChI=1S/C18H26N2O/c1-17(2,16(21)20-12-6-3-7-13-20)14-8-4-5-9-15(14)18(19)10-11-18/h4-5,8-9H,3,6-7,10-13,19H2,1-2H3. The molecule has 1 amide bonds. The number of piperidine rings is 1. The summed E-state index contributed by atoms with van der Waals surface area (Å²) in [7, 11) is 0. The number of carbonyl (C=O) groups is 1. The van der Waals surface area contributed by atoms with Crippen LogP contribution in [0, 0.1) is 0 Å². The Balaban J connectivity index is 1.92. The molecule has 1 heterocycles. The van der Waals surface area contributed by atoms with Crippen molar-refractivity contribution in [1.82, 2.24) is 4.90 Å². The van der Waals surface area contributed by atoms with Crippen LogP contribution in [0.5, 0.6) is 0 Å². The number of rotatable bonds is 3. The van der Waals surface area contributed by atoms with Gasteiger partial charge in [0, 0.05) is 18.6 Å². The van der Waals surface area contributed by atoms with Crippen LogP contribution >= 0.6 is 0 Å². The summed E-state index contributed by atoms with van der Waals surface area (Å²) in [4.78, 5) is 15.0. The van der Waals surface area contributed by atoms with E-state index >= 15 is 0 Å². The maximum Gasteiger partial charge on any atom is 0.232 e. The molecule has 0 bridgehead atoms. The number of likely N-dealkylation sites (tertiary alicyclic amines) is 1. The maximum absolute atomic E-state index is 13.0. The van der Waals surface area contributed by atoms with E-state index in [4.69, 9.17) is 5.73 Å². The first-order chi connectivity index (χ1) is 9.95. The average Bonchev–Trinajstić information content (AvgIpc) is 3.26. The first-order valence-corrected chi connectivity index (χ1v) is 8.13. The molecule has 0 unspecified atom stereocenters. The molecule has 2 fully saturated rings. The van der Waals surface area contributed by atoms with Crippen molar-refractivity contribution in [2.75, 3.05) is 13.1 Å². The Labute approximate surface area is 127 Å². The maximum atomic E-state index is 13.0. The molecular weight excluding hydrogens is 260 g/mol. The molecule has 0 atom stereocenters. The molecule has 1 saturated carbocycles. The molecule has 1 saturated heterocycles. The van der Waals surface area contributed by atoms with Crippen molar-refractivity contribution < 1.29 is 4.79 Å². The third kappa shape index (κ3) is 2.59. The van der Waals surface area contributed by atoms with E-state index in [-0.39, 0.29) is 11.4 Å². The fraction of sp³-hybridized carbons (Fsp3) is 0.611. The molecule has 1 aromatic rings. The van der Waals surface area contributed by atoms with Crippen molar-refractivity contribution in [2.45, 2.75) is 56.9 Å². The zero-order chi connectivity index (χ0) is 15.1. The molecule has 0 radical (unpaired) electrons. The topological polar surface area (TPSA) is 46.3 Å². The van der Waals surface area contributed by atoms with E-state index in [2.05, 4.69) is 26.0 Å². The highest BCUT2D eigenvalue weighted by Gasteiger charge is 2.45. The van der Waals surface area contributed by atoms with Crippen LogP contribution in [0.25, 0.3) is 0 Å². The fourth-order valence-electron chi connectivity index (χ4n) is 3.47. The van der Waals surface area contributed by atoms with E-state index in [0.29, 0.717) is 0 Å². The molecule has 21 heavy (non-hydrogen) atoms. The predicted molar refractivity (Wildman–Crippen MR) is 85.0 cm³/mol. The molecule has 1 aromatic carbocycles. The molecule has 0 aromatic heterocycles. The van der Waals surface area contributed by atoms with Crippen molar-refractivity contribution in [3.63, 3.8) is 0 Å². The summed E-state index contributed by atoms with van der Waals surface area (Å²) in [6.45, 7) is 5.90. The number of nitrogens with two attached hydrogens (primary N) is 1. The summed E-state index contributed by atoms with van der Waals surface area (Å²) in [6, 6.07) is 8.25. The lowest BCUT2D eigenvalue weighted by atomic mass is 9.78. The van der Waals surface area contributed by atoms with Gasteiger partial charge in [-0.1, -0.05) is 24.3 Å². The largest absolute Gasteiger partial charge is 0.342 e. The number of carbonyl (C=O) groups excluding carboxylic acids is 1. The summed E-state index contributed by atoms with van der Waals surface area (Å²) in [5.74, 6) is 0.249. The molecule has 3 heteroatoms. The van der Waals surface area contributed by atoms with Gasteiger partial charge >= 0.3 is 0 Å². The monoisotopic (exact) mass is 286 g/mol. The third-order valence-corrected chi connectivity index (χ3v) is 5.10. The zero-order valence-electron chi connectivity index (χ0n) is 13.2. The minimum atomic E-state index is -0.497. The Hall–Kier alpha value is -1.35. The first kappa shape index (κ1) is 14.6. The lowest BCUT2D eigenvalue weighted by Gasteiger charge is -2.36. The van der Waals surface area contributed by atoms with Crippen LogP contribution in [0.4, 0.5) is 0 Å². The highest BCUT2D eigenvalue weighted by molar-refractivity contribution is 5.88. The van der Waals surface area contributed by atoms with Gasteiger partial charge in [-0.05, 0) is 57.1 Å². The molecule has 114 valence electrons. The minimum absolute atomic E-state index is 0.198. The highest BCUT2D eigenvalue weighted by atomic mass is 16.2. The lowest BCUT2D eigenvalue weighted by molar-refractivity contribution is -0.137. The molecular formula is C18H26N2O. The van der Waals surface area contributed by atoms with E-state index in [1.165, 1.54) is 12.0 Å². The van der Waals surface area contributed by atoms with Gasteiger partial charge < -0.3 is 10.6 Å². The van der Waals surface area contributed by atoms with Crippen LogP contribution in [0.2, 0.25) is 0 Å². The van der Waals surface area contributed by atoms with Crippen LogP contribution in [-0.4, -0.2) is 23.9 Å². The van der Waals surface area contributed by atoms with E-state index in [9.17, 15) is 4.79 Å². The van der Waals surface area contributed by atoms with E-state index in [0.717, 1.165) is 44.3 Å². The number of nitrogens with zero attached hydrogens (tertiary/aromatic N) is 1. The van der Waals surface area contributed by atoms with Crippen molar-refractivity contribution in [3.05, 3.63) is 35.4 Å². The molecule has 0 spiro atoms. The average molecular weight is 286 g/mol. The van der Waals surface area contributed by atoms with Crippen LogP contribution in [0.3, 0.4) is 0 Å². The van der Waals surface area contributed by atoms with E-state index in [1.807, 2.05) is 17.0 Å². The third-order valence-electron chi connectivity index (χ3n) is 5.10. The van der Waals surface area contributed by atoms with Gasteiger partial charge in [0.15, 0.2) is 0 Å². The SMILES string of the molecule is CC(C)(C(=O)N1CCCCC1)c1ccccc1C1(N)CC1. The summed E-state index contributed by atoms with van der Waals surface area (Å²) in [5, 5.41) is 0. The van der Waals surface area contributed by atoms with Gasteiger partial charge in [-0.3, -0.25) is 4.79 Å². The van der Waals surface area contributed by atoms with Gasteiger partial charge in [0.25, 0.3) is 0 Å². The van der Waals surface area contributed by atoms with E-state index < -0.39 is 5.41 Å². The number of hydrogen-bond acceptors (Lipinski definition) is 2.